The Balaban J connectivity index is 0.00000181. The van der Waals surface area contributed by atoms with Gasteiger partial charge in [0.25, 0.3) is 5.19 Å². The Labute approximate surface area is 245 Å². The molecule has 1 saturated heterocycles. The Kier molecular flexibility index (Phi) is 11.9. The lowest BCUT2D eigenvalue weighted by Crippen LogP contribution is -2.39. The Bertz CT molecular complexity index is 1260. The summed E-state index contributed by atoms with van der Waals surface area (Å²) in [6.45, 7) is 9.58. The van der Waals surface area contributed by atoms with Crippen LogP contribution in [0.3, 0.4) is 0 Å². The highest BCUT2D eigenvalue weighted by Crippen LogP contribution is 2.33. The van der Waals surface area contributed by atoms with E-state index in [1.807, 2.05) is 30.5 Å². The number of hydrogen-bond acceptors (Lipinski definition) is 8. The third kappa shape index (κ3) is 8.09. The predicted molar refractivity (Wildman–Crippen MR) is 166 cm³/mol. The fourth-order valence-corrected chi connectivity index (χ4v) is 7.13. The molecule has 218 valence electrons. The van der Waals surface area contributed by atoms with Crippen LogP contribution in [0.4, 0.5) is 5.95 Å². The Morgan fingerprint density at radius 3 is 2.58 bits per heavy atom. The predicted octanol–water partition coefficient (Wildman–Crippen LogP) is 5.64. The molecule has 0 aliphatic carbocycles. The first-order valence-corrected chi connectivity index (χ1v) is 16.8. The number of aliphatic hydroxyl groups excluding tert-OH is 1. The summed E-state index contributed by atoms with van der Waals surface area (Å²) in [5.41, 5.74) is 4.66. The summed E-state index contributed by atoms with van der Waals surface area (Å²) in [6.07, 6.45) is 12.6. The molecule has 40 heavy (non-hydrogen) atoms. The smallest absolute Gasteiger partial charge is 0.274 e. The molecule has 1 unspecified atom stereocenters. The highest BCUT2D eigenvalue weighted by atomic mass is 32.2. The molecule has 1 fully saturated rings. The number of benzene rings is 1. The van der Waals surface area contributed by atoms with E-state index >= 15 is 0 Å². The molecular formula is C30H43N5O3S2. The summed E-state index contributed by atoms with van der Waals surface area (Å²) >= 11 is 1.61. The lowest BCUT2D eigenvalue weighted by Gasteiger charge is -2.31. The number of fused-ring (bicyclic) bond motifs is 1. The molecule has 2 aromatic heterocycles. The van der Waals surface area contributed by atoms with Crippen molar-refractivity contribution >= 4 is 44.1 Å². The van der Waals surface area contributed by atoms with Crippen molar-refractivity contribution < 1.29 is 14.1 Å². The molecule has 0 bridgehead atoms. The second-order valence-electron chi connectivity index (χ2n) is 9.93. The molecule has 3 aromatic rings. The van der Waals surface area contributed by atoms with Gasteiger partial charge in [-0.3, -0.25) is 0 Å². The SMILES string of the molecule is CC.CCCc1cnc(N2CCC(Oc3nc4ccc(C5=CCN(S(=O)CCCCO)CC5)cc4s3)CC2)nc1. The average Bonchev–Trinajstić information content (AvgIpc) is 3.41. The number of anilines is 1. The maximum absolute atomic E-state index is 12.5. The number of unbranched alkanes of at least 4 members (excludes halogenated alkanes) is 1. The molecule has 0 saturated carbocycles. The summed E-state index contributed by atoms with van der Waals surface area (Å²) in [6, 6.07) is 6.42. The topological polar surface area (TPSA) is 91.7 Å². The third-order valence-corrected chi connectivity index (χ3v) is 9.60. The van der Waals surface area contributed by atoms with Crippen molar-refractivity contribution in [2.45, 2.75) is 71.8 Å². The number of hydrogen-bond donors (Lipinski definition) is 1. The number of ether oxygens (including phenoxy) is 1. The van der Waals surface area contributed by atoms with Crippen LogP contribution in [0.5, 0.6) is 5.19 Å². The third-order valence-electron chi connectivity index (χ3n) is 7.15. The quantitative estimate of drug-likeness (QED) is 0.291. The zero-order chi connectivity index (χ0) is 28.3. The molecular weight excluding hydrogens is 542 g/mol. The Hall–Kier alpha value is -2.40. The molecule has 1 atom stereocenters. The van der Waals surface area contributed by atoms with Gasteiger partial charge in [-0.2, -0.15) is 0 Å². The van der Waals surface area contributed by atoms with Gasteiger partial charge in [0.05, 0.1) is 21.2 Å². The van der Waals surface area contributed by atoms with E-state index in [-0.39, 0.29) is 12.7 Å². The lowest BCUT2D eigenvalue weighted by molar-refractivity contribution is 0.170. The molecule has 0 amide bonds. The van der Waals surface area contributed by atoms with Crippen molar-refractivity contribution in [1.82, 2.24) is 19.3 Å². The molecule has 5 rings (SSSR count). The van der Waals surface area contributed by atoms with Crippen molar-refractivity contribution in [3.63, 3.8) is 0 Å². The second-order valence-corrected chi connectivity index (χ2v) is 12.5. The van der Waals surface area contributed by atoms with E-state index in [9.17, 15) is 4.21 Å². The summed E-state index contributed by atoms with van der Waals surface area (Å²) in [5.74, 6) is 1.43. The van der Waals surface area contributed by atoms with Crippen LogP contribution in [-0.2, 0) is 17.4 Å². The minimum absolute atomic E-state index is 0.149. The van der Waals surface area contributed by atoms with E-state index in [0.29, 0.717) is 18.7 Å². The van der Waals surface area contributed by atoms with Gasteiger partial charge in [-0.05, 0) is 54.5 Å². The standard InChI is InChI=1S/C28H37N5O3S2.C2H6/c1-2-5-21-19-29-27(30-20-21)32-12-10-24(11-13-32)36-28-31-25-7-6-23(18-26(25)37-28)22-8-14-33(15-9-22)38(35)17-4-3-16-34;1-2/h6-8,18-20,24,34H,2-5,9-17H2,1H3;1-2H3. The van der Waals surface area contributed by atoms with E-state index < -0.39 is 11.0 Å². The van der Waals surface area contributed by atoms with Gasteiger partial charge >= 0.3 is 0 Å². The zero-order valence-corrected chi connectivity index (χ0v) is 25.7. The number of thiazole rings is 1. The van der Waals surface area contributed by atoms with Crippen molar-refractivity contribution in [2.24, 2.45) is 0 Å². The van der Waals surface area contributed by atoms with E-state index in [1.165, 1.54) is 16.7 Å². The largest absolute Gasteiger partial charge is 0.467 e. The van der Waals surface area contributed by atoms with Gasteiger partial charge in [0.2, 0.25) is 5.95 Å². The first-order valence-electron chi connectivity index (χ1n) is 14.7. The molecule has 1 N–H and O–H groups in total. The maximum atomic E-state index is 12.5. The summed E-state index contributed by atoms with van der Waals surface area (Å²) in [5, 5.41) is 9.67. The molecule has 2 aliphatic rings. The van der Waals surface area contributed by atoms with Crippen molar-refractivity contribution in [3.8, 4) is 5.19 Å². The highest BCUT2D eigenvalue weighted by Gasteiger charge is 2.24. The van der Waals surface area contributed by atoms with Gasteiger partial charge in [-0.1, -0.05) is 50.7 Å². The average molecular weight is 586 g/mol. The van der Waals surface area contributed by atoms with Crippen molar-refractivity contribution in [3.05, 3.63) is 47.8 Å². The van der Waals surface area contributed by atoms with Crippen LogP contribution in [0.25, 0.3) is 15.8 Å². The van der Waals surface area contributed by atoms with E-state index in [0.717, 1.165) is 79.5 Å². The van der Waals surface area contributed by atoms with Gasteiger partial charge < -0.3 is 14.7 Å². The lowest BCUT2D eigenvalue weighted by atomic mass is 10.0. The van der Waals surface area contributed by atoms with Gasteiger partial charge in [-0.15, -0.1) is 0 Å². The number of nitrogens with zero attached hydrogens (tertiary/aromatic N) is 5. The molecule has 8 nitrogen and oxygen atoms in total. The number of aromatic nitrogens is 3. The monoisotopic (exact) mass is 585 g/mol. The van der Waals surface area contributed by atoms with Crippen LogP contribution in [0.15, 0.2) is 36.7 Å². The van der Waals surface area contributed by atoms with Crippen LogP contribution < -0.4 is 9.64 Å². The van der Waals surface area contributed by atoms with E-state index in [4.69, 9.17) is 14.8 Å². The van der Waals surface area contributed by atoms with Crippen molar-refractivity contribution in [2.75, 3.05) is 43.4 Å². The Morgan fingerprint density at radius 1 is 1.12 bits per heavy atom. The first kappa shape index (κ1) is 30.6. The minimum Gasteiger partial charge on any atom is -0.467 e. The molecule has 4 heterocycles. The summed E-state index contributed by atoms with van der Waals surface area (Å²) < 4.78 is 21.9. The Morgan fingerprint density at radius 2 is 1.90 bits per heavy atom. The van der Waals surface area contributed by atoms with Crippen LogP contribution >= 0.6 is 11.3 Å². The summed E-state index contributed by atoms with van der Waals surface area (Å²) in [7, 11) is -0.974. The minimum atomic E-state index is -0.974. The van der Waals surface area contributed by atoms with Crippen LogP contribution in [-0.4, -0.2) is 73.2 Å². The number of aliphatic hydroxyl groups is 1. The highest BCUT2D eigenvalue weighted by molar-refractivity contribution is 7.82. The van der Waals surface area contributed by atoms with Crippen LogP contribution in [0, 0.1) is 0 Å². The van der Waals surface area contributed by atoms with E-state index in [1.54, 1.807) is 11.3 Å². The molecule has 10 heteroatoms. The second kappa shape index (κ2) is 15.6. The molecule has 0 radical (unpaired) electrons. The number of aryl methyl sites for hydroxylation is 1. The number of piperidine rings is 1. The van der Waals surface area contributed by atoms with E-state index in [2.05, 4.69) is 46.1 Å². The first-order chi connectivity index (χ1) is 19.6. The van der Waals surface area contributed by atoms with Gasteiger partial charge in [0, 0.05) is 63.8 Å². The fraction of sp³-hybridized carbons (Fsp3) is 0.567. The molecule has 1 aromatic carbocycles. The fourth-order valence-electron chi connectivity index (χ4n) is 4.96. The normalized spacial score (nSPS) is 17.3. The zero-order valence-electron chi connectivity index (χ0n) is 24.1. The maximum Gasteiger partial charge on any atom is 0.274 e. The molecule has 0 spiro atoms. The van der Waals surface area contributed by atoms with Gasteiger partial charge in [0.15, 0.2) is 0 Å². The van der Waals surface area contributed by atoms with Gasteiger partial charge in [-0.25, -0.2) is 23.5 Å². The van der Waals surface area contributed by atoms with Crippen LogP contribution in [0.1, 0.15) is 70.4 Å². The van der Waals surface area contributed by atoms with Crippen LogP contribution in [0.2, 0.25) is 0 Å². The van der Waals surface area contributed by atoms with Gasteiger partial charge in [0.1, 0.15) is 6.10 Å². The molecule has 2 aliphatic heterocycles. The summed E-state index contributed by atoms with van der Waals surface area (Å²) in [4.78, 5) is 16.1. The van der Waals surface area contributed by atoms with Crippen molar-refractivity contribution in [1.29, 1.82) is 0 Å². The number of rotatable bonds is 11.